The Morgan fingerprint density at radius 3 is 2.87 bits per heavy atom. The summed E-state index contributed by atoms with van der Waals surface area (Å²) in [5.41, 5.74) is 5.80. The van der Waals surface area contributed by atoms with E-state index in [2.05, 4.69) is 23.9 Å². The minimum atomic E-state index is -0.508. The number of amides is 1. The van der Waals surface area contributed by atoms with Crippen LogP contribution in [0, 0.1) is 0 Å². The van der Waals surface area contributed by atoms with Gasteiger partial charge in [-0.25, -0.2) is 0 Å². The van der Waals surface area contributed by atoms with Crippen molar-refractivity contribution in [2.75, 3.05) is 32.8 Å². The number of morpholine rings is 1. The minimum Gasteiger partial charge on any atom is -0.383 e. The summed E-state index contributed by atoms with van der Waals surface area (Å²) in [7, 11) is 0. The van der Waals surface area contributed by atoms with Gasteiger partial charge < -0.3 is 20.2 Å². The van der Waals surface area contributed by atoms with Crippen molar-refractivity contribution in [3.8, 4) is 0 Å². The second-order valence-electron chi connectivity index (χ2n) is 7.26. The zero-order valence-corrected chi connectivity index (χ0v) is 14.7. The molecule has 0 saturated carbocycles. The fourth-order valence-corrected chi connectivity index (χ4v) is 3.11. The Morgan fingerprint density at radius 1 is 1.48 bits per heavy atom. The van der Waals surface area contributed by atoms with Crippen LogP contribution in [0.25, 0.3) is 0 Å². The molecular weight excluding hydrogens is 296 g/mol. The highest BCUT2D eigenvalue weighted by Gasteiger charge is 2.32. The molecule has 2 saturated heterocycles. The van der Waals surface area contributed by atoms with E-state index >= 15 is 0 Å². The highest BCUT2D eigenvalue weighted by molar-refractivity contribution is 5.83. The first-order chi connectivity index (χ1) is 10.8. The first-order valence-electron chi connectivity index (χ1n) is 8.43. The van der Waals surface area contributed by atoms with E-state index in [-0.39, 0.29) is 17.6 Å². The van der Waals surface area contributed by atoms with E-state index < -0.39 is 6.10 Å². The predicted octanol–water partition coefficient (Wildman–Crippen LogP) is 0.785. The van der Waals surface area contributed by atoms with Gasteiger partial charge in [-0.2, -0.15) is 0 Å². The molecule has 2 heterocycles. The summed E-state index contributed by atoms with van der Waals surface area (Å²) in [6.45, 7) is 11.8. The third-order valence-electron chi connectivity index (χ3n) is 4.23. The van der Waals surface area contributed by atoms with E-state index in [1.54, 1.807) is 0 Å². The van der Waals surface area contributed by atoms with Crippen LogP contribution in [0.15, 0.2) is 5.16 Å². The lowest BCUT2D eigenvalue weighted by molar-refractivity contribution is -0.150. The van der Waals surface area contributed by atoms with Crippen molar-refractivity contribution in [3.63, 3.8) is 0 Å². The van der Waals surface area contributed by atoms with Gasteiger partial charge in [-0.05, 0) is 40.5 Å². The summed E-state index contributed by atoms with van der Waals surface area (Å²) >= 11 is 0. The van der Waals surface area contributed by atoms with Crippen molar-refractivity contribution in [1.82, 2.24) is 9.80 Å². The molecule has 2 rings (SSSR count). The predicted molar refractivity (Wildman–Crippen MR) is 89.0 cm³/mol. The molecule has 1 unspecified atom stereocenters. The summed E-state index contributed by atoms with van der Waals surface area (Å²) in [6.07, 6.45) is 1.12. The van der Waals surface area contributed by atoms with Crippen LogP contribution in [0.5, 0.6) is 0 Å². The molecular formula is C16H30N4O3. The Morgan fingerprint density at radius 2 is 2.22 bits per heavy atom. The lowest BCUT2D eigenvalue weighted by Gasteiger charge is -2.37. The second-order valence-corrected chi connectivity index (χ2v) is 7.26. The number of hydrogen-bond donors (Lipinski definition) is 1. The molecule has 7 heteroatoms. The van der Waals surface area contributed by atoms with Gasteiger partial charge in [-0.15, -0.1) is 0 Å². The average molecular weight is 326 g/mol. The molecule has 1 atom stereocenters. The van der Waals surface area contributed by atoms with Gasteiger partial charge in [0.25, 0.3) is 5.91 Å². The number of ether oxygens (including phenoxy) is 1. The molecule has 0 aliphatic carbocycles. The fourth-order valence-electron chi connectivity index (χ4n) is 3.11. The van der Waals surface area contributed by atoms with Gasteiger partial charge in [0.2, 0.25) is 6.10 Å². The molecule has 0 aromatic rings. The molecule has 0 aromatic heterocycles. The number of amidine groups is 1. The topological polar surface area (TPSA) is 80.4 Å². The smallest absolute Gasteiger partial charge is 0.266 e. The zero-order chi connectivity index (χ0) is 17.0. The van der Waals surface area contributed by atoms with E-state index in [1.807, 2.05) is 18.7 Å². The van der Waals surface area contributed by atoms with E-state index in [0.29, 0.717) is 25.4 Å². The number of nitrogens with two attached hydrogens (primary N) is 1. The van der Waals surface area contributed by atoms with Gasteiger partial charge in [-0.3, -0.25) is 9.69 Å². The number of carbonyl (C=O) groups is 1. The fraction of sp³-hybridized carbons (Fsp3) is 0.875. The molecule has 2 aliphatic heterocycles. The number of hydrogen-bond acceptors (Lipinski definition) is 5. The van der Waals surface area contributed by atoms with Gasteiger partial charge in [0.05, 0.1) is 18.8 Å². The summed E-state index contributed by atoms with van der Waals surface area (Å²) in [6, 6.07) is 0.186. The highest BCUT2D eigenvalue weighted by atomic mass is 16.6. The van der Waals surface area contributed by atoms with Crippen molar-refractivity contribution in [3.05, 3.63) is 0 Å². The maximum atomic E-state index is 12.3. The second kappa shape index (κ2) is 7.49. The molecule has 7 nitrogen and oxygen atoms in total. The molecule has 0 bridgehead atoms. The van der Waals surface area contributed by atoms with Crippen molar-refractivity contribution in [1.29, 1.82) is 0 Å². The molecule has 0 aromatic carbocycles. The van der Waals surface area contributed by atoms with Gasteiger partial charge in [0.1, 0.15) is 0 Å². The minimum absolute atomic E-state index is 0.00954. The normalized spacial score (nSPS) is 26.7. The van der Waals surface area contributed by atoms with Gasteiger partial charge in [0.15, 0.2) is 5.84 Å². The molecule has 23 heavy (non-hydrogen) atoms. The molecule has 1 amide bonds. The lowest BCUT2D eigenvalue weighted by Crippen LogP contribution is -2.51. The SMILES string of the molecule is CC(C)N1CCCC(ON=C(N)CN2CCOC(C)(C)C2)C1=O. The molecule has 2 N–H and O–H groups in total. The first-order valence-corrected chi connectivity index (χ1v) is 8.43. The lowest BCUT2D eigenvalue weighted by atomic mass is 10.1. The zero-order valence-electron chi connectivity index (χ0n) is 14.7. The van der Waals surface area contributed by atoms with Crippen LogP contribution in [-0.2, 0) is 14.4 Å². The van der Waals surface area contributed by atoms with Crippen molar-refractivity contribution >= 4 is 11.7 Å². The number of piperidine rings is 1. The Bertz CT molecular complexity index is 451. The van der Waals surface area contributed by atoms with E-state index in [4.69, 9.17) is 15.3 Å². The van der Waals surface area contributed by atoms with Crippen LogP contribution in [-0.4, -0.2) is 72.1 Å². The Labute approximate surface area is 138 Å². The van der Waals surface area contributed by atoms with Crippen LogP contribution in [0.1, 0.15) is 40.5 Å². The number of nitrogens with zero attached hydrogens (tertiary/aromatic N) is 3. The summed E-state index contributed by atoms with van der Waals surface area (Å²) in [4.78, 5) is 21.8. The number of oxime groups is 1. The third kappa shape index (κ3) is 5.07. The van der Waals surface area contributed by atoms with Crippen molar-refractivity contribution in [2.45, 2.75) is 58.3 Å². The Hall–Kier alpha value is -1.34. The van der Waals surface area contributed by atoms with Gasteiger partial charge in [-0.1, -0.05) is 5.16 Å². The van der Waals surface area contributed by atoms with Crippen LogP contribution in [0.2, 0.25) is 0 Å². The third-order valence-corrected chi connectivity index (χ3v) is 4.23. The standard InChI is InChI=1S/C16H30N4O3/c1-12(2)20-7-5-6-13(15(20)21)23-18-14(17)10-19-8-9-22-16(3,4)11-19/h12-13H,5-11H2,1-4H3,(H2,17,18). The van der Waals surface area contributed by atoms with Gasteiger partial charge in [0, 0.05) is 25.7 Å². The van der Waals surface area contributed by atoms with E-state index in [1.165, 1.54) is 0 Å². The summed E-state index contributed by atoms with van der Waals surface area (Å²) in [5.74, 6) is 0.410. The molecule has 132 valence electrons. The van der Waals surface area contributed by atoms with E-state index in [0.717, 1.165) is 26.1 Å². The largest absolute Gasteiger partial charge is 0.383 e. The summed E-state index contributed by atoms with van der Waals surface area (Å²) in [5, 5.41) is 4.00. The average Bonchev–Trinajstić information content (AvgIpc) is 2.44. The maximum absolute atomic E-state index is 12.3. The Kier molecular flexibility index (Phi) is 5.86. The van der Waals surface area contributed by atoms with E-state index in [9.17, 15) is 4.79 Å². The quantitative estimate of drug-likeness (QED) is 0.459. The van der Waals surface area contributed by atoms with Crippen LogP contribution >= 0.6 is 0 Å². The molecule has 2 aliphatic rings. The first kappa shape index (κ1) is 18.0. The monoisotopic (exact) mass is 326 g/mol. The van der Waals surface area contributed by atoms with Crippen molar-refractivity contribution in [2.24, 2.45) is 10.9 Å². The highest BCUT2D eigenvalue weighted by Crippen LogP contribution is 2.18. The van der Waals surface area contributed by atoms with Crippen LogP contribution in [0.3, 0.4) is 0 Å². The van der Waals surface area contributed by atoms with Crippen molar-refractivity contribution < 1.29 is 14.4 Å². The molecule has 0 radical (unpaired) electrons. The number of carbonyl (C=O) groups excluding carboxylic acids is 1. The summed E-state index contributed by atoms with van der Waals surface area (Å²) < 4.78 is 5.68. The van der Waals surface area contributed by atoms with Crippen LogP contribution in [0.4, 0.5) is 0 Å². The molecule has 0 spiro atoms. The number of likely N-dealkylation sites (tertiary alicyclic amines) is 1. The van der Waals surface area contributed by atoms with Crippen LogP contribution < -0.4 is 5.73 Å². The number of rotatable bonds is 5. The van der Waals surface area contributed by atoms with Gasteiger partial charge >= 0.3 is 0 Å². The molecule has 2 fully saturated rings. The maximum Gasteiger partial charge on any atom is 0.266 e. The Balaban J connectivity index is 1.85.